The summed E-state index contributed by atoms with van der Waals surface area (Å²) in [5.74, 6) is -0.223. The van der Waals surface area contributed by atoms with Gasteiger partial charge in [0.15, 0.2) is 5.15 Å². The number of anilines is 1. The maximum absolute atomic E-state index is 11.9. The summed E-state index contributed by atoms with van der Waals surface area (Å²) in [7, 11) is 0. The fourth-order valence-electron chi connectivity index (χ4n) is 1.46. The van der Waals surface area contributed by atoms with Gasteiger partial charge < -0.3 is 15.4 Å². The number of rotatable bonds is 2. The number of pyridine rings is 1. The van der Waals surface area contributed by atoms with Gasteiger partial charge in [-0.25, -0.2) is 4.98 Å². The molecule has 2 N–H and O–H groups in total. The summed E-state index contributed by atoms with van der Waals surface area (Å²) in [5, 5.41) is 6.03. The van der Waals surface area contributed by atoms with Crippen LogP contribution < -0.4 is 10.6 Å². The normalized spacial score (nSPS) is 20.0. The lowest BCUT2D eigenvalue weighted by molar-refractivity contribution is -0.128. The molecule has 7 heteroatoms. The molecule has 1 aromatic rings. The molecule has 1 unspecified atom stereocenters. The smallest absolute Gasteiger partial charge is 0.254 e. The zero-order chi connectivity index (χ0) is 12.3. The van der Waals surface area contributed by atoms with Gasteiger partial charge in [-0.1, -0.05) is 11.6 Å². The molecule has 0 spiro atoms. The van der Waals surface area contributed by atoms with Crippen LogP contribution in [0.25, 0.3) is 0 Å². The van der Waals surface area contributed by atoms with E-state index in [-0.39, 0.29) is 11.1 Å². The number of carbonyl (C=O) groups excluding carboxylic acids is 1. The minimum absolute atomic E-state index is 0.223. The first-order valence-corrected chi connectivity index (χ1v) is 6.28. The van der Waals surface area contributed by atoms with Gasteiger partial charge in [0, 0.05) is 23.8 Å². The molecule has 0 aliphatic carbocycles. The molecular weight excluding hydrogens is 309 g/mol. The van der Waals surface area contributed by atoms with Crippen LogP contribution in [0.5, 0.6) is 0 Å². The summed E-state index contributed by atoms with van der Waals surface area (Å²) >= 11 is 9.14. The van der Waals surface area contributed by atoms with E-state index in [9.17, 15) is 4.79 Å². The fourth-order valence-corrected chi connectivity index (χ4v) is 1.94. The molecule has 5 nitrogen and oxygen atoms in total. The van der Waals surface area contributed by atoms with Gasteiger partial charge in [0.2, 0.25) is 0 Å². The van der Waals surface area contributed by atoms with Crippen molar-refractivity contribution in [3.8, 4) is 0 Å². The lowest BCUT2D eigenvalue weighted by atomic mass is 10.3. The third kappa shape index (κ3) is 3.38. The molecule has 1 fully saturated rings. The van der Waals surface area contributed by atoms with E-state index in [1.54, 1.807) is 12.3 Å². The average Bonchev–Trinajstić information content (AvgIpc) is 2.35. The zero-order valence-corrected chi connectivity index (χ0v) is 11.2. The van der Waals surface area contributed by atoms with E-state index >= 15 is 0 Å². The highest BCUT2D eigenvalue weighted by atomic mass is 79.9. The predicted molar refractivity (Wildman–Crippen MR) is 68.2 cm³/mol. The van der Waals surface area contributed by atoms with Crippen LogP contribution in [0.1, 0.15) is 0 Å². The van der Waals surface area contributed by atoms with Gasteiger partial charge in [-0.05, 0) is 22.0 Å². The van der Waals surface area contributed by atoms with Crippen molar-refractivity contribution in [3.05, 3.63) is 21.9 Å². The van der Waals surface area contributed by atoms with Crippen LogP contribution in [0.3, 0.4) is 0 Å². The van der Waals surface area contributed by atoms with E-state index in [4.69, 9.17) is 16.3 Å². The highest BCUT2D eigenvalue weighted by Crippen LogP contribution is 2.23. The number of hydrogen-bond acceptors (Lipinski definition) is 4. The SMILES string of the molecule is O=C(Nc1cc(Br)cnc1Cl)C1CNCCO1. The Balaban J connectivity index is 2.04. The zero-order valence-electron chi connectivity index (χ0n) is 8.87. The molecule has 1 aliphatic rings. The van der Waals surface area contributed by atoms with Crippen LogP contribution in [0.4, 0.5) is 5.69 Å². The minimum Gasteiger partial charge on any atom is -0.366 e. The maximum atomic E-state index is 11.9. The largest absolute Gasteiger partial charge is 0.366 e. The molecule has 17 heavy (non-hydrogen) atoms. The first-order valence-electron chi connectivity index (χ1n) is 5.11. The topological polar surface area (TPSA) is 63.2 Å². The molecule has 1 aromatic heterocycles. The van der Waals surface area contributed by atoms with Crippen molar-refractivity contribution in [3.63, 3.8) is 0 Å². The first-order chi connectivity index (χ1) is 8.16. The van der Waals surface area contributed by atoms with Crippen LogP contribution >= 0.6 is 27.5 Å². The number of morpholine rings is 1. The van der Waals surface area contributed by atoms with E-state index in [0.717, 1.165) is 11.0 Å². The highest BCUT2D eigenvalue weighted by molar-refractivity contribution is 9.10. The highest BCUT2D eigenvalue weighted by Gasteiger charge is 2.22. The molecular formula is C10H11BrClN3O2. The number of nitrogens with one attached hydrogen (secondary N) is 2. The van der Waals surface area contributed by atoms with Gasteiger partial charge in [0.05, 0.1) is 12.3 Å². The monoisotopic (exact) mass is 319 g/mol. The summed E-state index contributed by atoms with van der Waals surface area (Å²) < 4.78 is 6.08. The molecule has 1 saturated heterocycles. The van der Waals surface area contributed by atoms with E-state index < -0.39 is 6.10 Å². The molecule has 0 aromatic carbocycles. The molecule has 0 bridgehead atoms. The molecule has 0 saturated carbocycles. The molecule has 1 amide bonds. The van der Waals surface area contributed by atoms with Crippen LogP contribution in [-0.4, -0.2) is 36.7 Å². The lowest BCUT2D eigenvalue weighted by Crippen LogP contribution is -2.45. The van der Waals surface area contributed by atoms with Crippen LogP contribution in [0, 0.1) is 0 Å². The number of nitrogens with zero attached hydrogens (tertiary/aromatic N) is 1. The van der Waals surface area contributed by atoms with E-state index in [1.165, 1.54) is 0 Å². The van der Waals surface area contributed by atoms with E-state index in [2.05, 4.69) is 31.5 Å². The Hall–Kier alpha value is -0.690. The lowest BCUT2D eigenvalue weighted by Gasteiger charge is -2.22. The van der Waals surface area contributed by atoms with Gasteiger partial charge in [-0.15, -0.1) is 0 Å². The first kappa shape index (κ1) is 12.8. The summed E-state index contributed by atoms with van der Waals surface area (Å²) in [6.07, 6.45) is 1.08. The Bertz CT molecular complexity index is 424. The van der Waals surface area contributed by atoms with E-state index in [0.29, 0.717) is 18.8 Å². The molecule has 1 atom stereocenters. The number of amides is 1. The summed E-state index contributed by atoms with van der Waals surface area (Å²) in [4.78, 5) is 15.8. The fraction of sp³-hybridized carbons (Fsp3) is 0.400. The number of carbonyl (C=O) groups is 1. The molecule has 2 rings (SSSR count). The number of ether oxygens (including phenoxy) is 1. The van der Waals surface area contributed by atoms with Crippen LogP contribution in [0.2, 0.25) is 5.15 Å². The Labute approximate surface area is 112 Å². The van der Waals surface area contributed by atoms with Gasteiger partial charge in [-0.2, -0.15) is 0 Å². The quantitative estimate of drug-likeness (QED) is 0.809. The van der Waals surface area contributed by atoms with Gasteiger partial charge >= 0.3 is 0 Å². The van der Waals surface area contributed by atoms with Crippen LogP contribution in [-0.2, 0) is 9.53 Å². The molecule has 1 aliphatic heterocycles. The van der Waals surface area contributed by atoms with Gasteiger partial charge in [-0.3, -0.25) is 4.79 Å². The second kappa shape index (κ2) is 5.77. The van der Waals surface area contributed by atoms with Gasteiger partial charge in [0.1, 0.15) is 6.10 Å². The molecule has 92 valence electrons. The van der Waals surface area contributed by atoms with Crippen molar-refractivity contribution in [2.24, 2.45) is 0 Å². The van der Waals surface area contributed by atoms with Crippen molar-refractivity contribution in [2.45, 2.75) is 6.10 Å². The summed E-state index contributed by atoms with van der Waals surface area (Å²) in [6, 6.07) is 1.70. The number of hydrogen-bond donors (Lipinski definition) is 2. The second-order valence-electron chi connectivity index (χ2n) is 3.54. The second-order valence-corrected chi connectivity index (χ2v) is 4.82. The Morgan fingerprint density at radius 3 is 3.24 bits per heavy atom. The number of aromatic nitrogens is 1. The standard InChI is InChI=1S/C10H11BrClN3O2/c11-6-3-7(9(12)14-4-6)15-10(16)8-5-13-1-2-17-8/h3-4,8,13H,1-2,5H2,(H,15,16). The predicted octanol–water partition coefficient (Wildman–Crippen LogP) is 1.42. The number of halogens is 2. The van der Waals surface area contributed by atoms with Crippen molar-refractivity contribution in [2.75, 3.05) is 25.0 Å². The minimum atomic E-state index is -0.487. The maximum Gasteiger partial charge on any atom is 0.254 e. The van der Waals surface area contributed by atoms with Crippen molar-refractivity contribution in [1.82, 2.24) is 10.3 Å². The van der Waals surface area contributed by atoms with Crippen molar-refractivity contribution >= 4 is 39.1 Å². The Morgan fingerprint density at radius 1 is 1.71 bits per heavy atom. The van der Waals surface area contributed by atoms with Crippen LogP contribution in [0.15, 0.2) is 16.7 Å². The van der Waals surface area contributed by atoms with E-state index in [1.807, 2.05) is 0 Å². The Kier molecular flexibility index (Phi) is 4.33. The van der Waals surface area contributed by atoms with Crippen molar-refractivity contribution in [1.29, 1.82) is 0 Å². The third-order valence-corrected chi connectivity index (χ3v) is 3.02. The summed E-state index contributed by atoms with van der Waals surface area (Å²) in [6.45, 7) is 1.80. The molecule has 0 radical (unpaired) electrons. The van der Waals surface area contributed by atoms with Gasteiger partial charge in [0.25, 0.3) is 5.91 Å². The Morgan fingerprint density at radius 2 is 2.53 bits per heavy atom. The van der Waals surface area contributed by atoms with Crippen molar-refractivity contribution < 1.29 is 9.53 Å². The third-order valence-electron chi connectivity index (χ3n) is 2.28. The molecule has 2 heterocycles. The average molecular weight is 321 g/mol. The summed E-state index contributed by atoms with van der Waals surface area (Å²) in [5.41, 5.74) is 0.472.